The molecule has 32 heavy (non-hydrogen) atoms. The summed E-state index contributed by atoms with van der Waals surface area (Å²) >= 11 is 0. The number of carbonyl (C=O) groups excluding carboxylic acids is 2. The second-order valence-electron chi connectivity index (χ2n) is 7.88. The van der Waals surface area contributed by atoms with Crippen molar-refractivity contribution in [2.24, 2.45) is 0 Å². The quantitative estimate of drug-likeness (QED) is 0.559. The van der Waals surface area contributed by atoms with Crippen LogP contribution in [-0.4, -0.2) is 25.5 Å². The summed E-state index contributed by atoms with van der Waals surface area (Å²) in [6.45, 7) is 2.72. The van der Waals surface area contributed by atoms with Crippen molar-refractivity contribution in [3.63, 3.8) is 0 Å². The third kappa shape index (κ3) is 4.75. The molecule has 0 unspecified atom stereocenters. The molecular formula is C26H27N3O3. The summed E-state index contributed by atoms with van der Waals surface area (Å²) in [4.78, 5) is 27.1. The number of hydrogen-bond donors (Lipinski definition) is 2. The number of nitrogens with one attached hydrogen (secondary N) is 2. The summed E-state index contributed by atoms with van der Waals surface area (Å²) in [6, 6.07) is 22.3. The van der Waals surface area contributed by atoms with E-state index in [9.17, 15) is 9.59 Å². The molecule has 164 valence electrons. The van der Waals surface area contributed by atoms with Crippen LogP contribution in [0.15, 0.2) is 72.8 Å². The van der Waals surface area contributed by atoms with Gasteiger partial charge in [0.05, 0.1) is 12.8 Å². The van der Waals surface area contributed by atoms with Gasteiger partial charge >= 0.3 is 0 Å². The normalized spacial score (nSPS) is 14.2. The monoisotopic (exact) mass is 429 g/mol. The zero-order valence-corrected chi connectivity index (χ0v) is 18.3. The second kappa shape index (κ2) is 9.56. The zero-order valence-electron chi connectivity index (χ0n) is 18.3. The topological polar surface area (TPSA) is 70.7 Å². The van der Waals surface area contributed by atoms with Crippen LogP contribution >= 0.6 is 0 Å². The van der Waals surface area contributed by atoms with Gasteiger partial charge < -0.3 is 20.3 Å². The Labute approximate surface area is 188 Å². The molecule has 6 nitrogen and oxygen atoms in total. The molecule has 3 aromatic carbocycles. The van der Waals surface area contributed by atoms with Crippen molar-refractivity contribution in [2.75, 3.05) is 29.2 Å². The SMILES string of the molecule is COc1ccc(C)cc1NC(=O)[C@@H](Nc1ccc(N2CCCC2=O)cc1)c1ccccc1. The van der Waals surface area contributed by atoms with E-state index in [0.29, 0.717) is 17.9 Å². The number of hydrogen-bond acceptors (Lipinski definition) is 4. The lowest BCUT2D eigenvalue weighted by Crippen LogP contribution is -2.27. The first-order chi connectivity index (χ1) is 15.5. The molecule has 0 aliphatic carbocycles. The van der Waals surface area contributed by atoms with Crippen LogP contribution < -0.4 is 20.3 Å². The van der Waals surface area contributed by atoms with Gasteiger partial charge in [-0.1, -0.05) is 36.4 Å². The molecule has 3 aromatic rings. The molecule has 1 aliphatic rings. The van der Waals surface area contributed by atoms with Gasteiger partial charge in [-0.05, 0) is 60.9 Å². The van der Waals surface area contributed by atoms with Gasteiger partial charge in [-0.15, -0.1) is 0 Å². The summed E-state index contributed by atoms with van der Waals surface area (Å²) in [7, 11) is 1.58. The molecule has 2 amide bonds. The highest BCUT2D eigenvalue weighted by Crippen LogP contribution is 2.29. The van der Waals surface area contributed by atoms with E-state index in [0.717, 1.165) is 35.5 Å². The number of benzene rings is 3. The van der Waals surface area contributed by atoms with Crippen LogP contribution in [0.2, 0.25) is 0 Å². The first-order valence-electron chi connectivity index (χ1n) is 10.7. The van der Waals surface area contributed by atoms with Crippen LogP contribution in [0.4, 0.5) is 17.1 Å². The molecule has 1 atom stereocenters. The third-order valence-corrected chi connectivity index (χ3v) is 5.57. The van der Waals surface area contributed by atoms with Gasteiger partial charge in [-0.25, -0.2) is 0 Å². The number of nitrogens with zero attached hydrogens (tertiary/aromatic N) is 1. The number of ether oxygens (including phenoxy) is 1. The molecule has 2 N–H and O–H groups in total. The van der Waals surface area contributed by atoms with E-state index in [1.54, 1.807) is 12.0 Å². The molecule has 6 heteroatoms. The highest BCUT2D eigenvalue weighted by molar-refractivity contribution is 5.99. The lowest BCUT2D eigenvalue weighted by molar-refractivity contribution is -0.117. The average molecular weight is 430 g/mol. The molecule has 1 saturated heterocycles. The molecule has 0 spiro atoms. The van der Waals surface area contributed by atoms with Crippen LogP contribution in [0.5, 0.6) is 5.75 Å². The largest absolute Gasteiger partial charge is 0.495 e. The van der Waals surface area contributed by atoms with Gasteiger partial charge in [0, 0.05) is 24.3 Å². The van der Waals surface area contributed by atoms with Crippen molar-refractivity contribution >= 4 is 28.9 Å². The van der Waals surface area contributed by atoms with E-state index in [1.807, 2.05) is 79.7 Å². The van der Waals surface area contributed by atoms with Gasteiger partial charge in [-0.2, -0.15) is 0 Å². The fourth-order valence-electron chi connectivity index (χ4n) is 3.90. The van der Waals surface area contributed by atoms with E-state index >= 15 is 0 Å². The first-order valence-corrected chi connectivity index (χ1v) is 10.7. The smallest absolute Gasteiger partial charge is 0.251 e. The molecule has 4 rings (SSSR count). The maximum absolute atomic E-state index is 13.3. The van der Waals surface area contributed by atoms with Crippen molar-refractivity contribution in [2.45, 2.75) is 25.8 Å². The Morgan fingerprint density at radius 2 is 1.78 bits per heavy atom. The number of rotatable bonds is 7. The van der Waals surface area contributed by atoms with E-state index in [-0.39, 0.29) is 11.8 Å². The molecule has 0 saturated carbocycles. The lowest BCUT2D eigenvalue weighted by atomic mass is 10.1. The van der Waals surface area contributed by atoms with Crippen molar-refractivity contribution in [1.82, 2.24) is 0 Å². The third-order valence-electron chi connectivity index (χ3n) is 5.57. The first kappa shape index (κ1) is 21.4. The number of anilines is 3. The van der Waals surface area contributed by atoms with Crippen LogP contribution in [0.1, 0.15) is 30.0 Å². The second-order valence-corrected chi connectivity index (χ2v) is 7.88. The maximum atomic E-state index is 13.3. The minimum atomic E-state index is -0.610. The van der Waals surface area contributed by atoms with Crippen molar-refractivity contribution in [3.05, 3.63) is 83.9 Å². The summed E-state index contributed by atoms with van der Waals surface area (Å²) in [6.07, 6.45) is 1.48. The standard InChI is InChI=1S/C26H27N3O3/c1-18-10-15-23(32-2)22(17-18)28-26(31)25(19-7-4-3-5-8-19)27-20-11-13-21(14-12-20)29-16-6-9-24(29)30/h3-5,7-8,10-15,17,25,27H,6,9,16H2,1-2H3,(H,28,31)/t25-/m0/s1. The summed E-state index contributed by atoms with van der Waals surface area (Å²) in [5.74, 6) is 0.564. The zero-order chi connectivity index (χ0) is 22.5. The Bertz CT molecular complexity index is 1100. The van der Waals surface area contributed by atoms with Crippen molar-refractivity contribution in [1.29, 1.82) is 0 Å². The van der Waals surface area contributed by atoms with Gasteiger partial charge in [0.2, 0.25) is 5.91 Å². The Morgan fingerprint density at radius 3 is 2.44 bits per heavy atom. The molecule has 0 aromatic heterocycles. The molecule has 0 radical (unpaired) electrons. The predicted molar refractivity (Wildman–Crippen MR) is 127 cm³/mol. The number of carbonyl (C=O) groups is 2. The summed E-state index contributed by atoms with van der Waals surface area (Å²) in [5, 5.41) is 6.34. The fraction of sp³-hybridized carbons (Fsp3) is 0.231. The van der Waals surface area contributed by atoms with Gasteiger partial charge in [0.15, 0.2) is 0 Å². The van der Waals surface area contributed by atoms with Crippen LogP contribution in [0.25, 0.3) is 0 Å². The highest BCUT2D eigenvalue weighted by atomic mass is 16.5. The van der Waals surface area contributed by atoms with Gasteiger partial charge in [-0.3, -0.25) is 9.59 Å². The summed E-state index contributed by atoms with van der Waals surface area (Å²) in [5.41, 5.74) is 4.17. The van der Waals surface area contributed by atoms with Gasteiger partial charge in [0.1, 0.15) is 11.8 Å². The van der Waals surface area contributed by atoms with Crippen LogP contribution in [-0.2, 0) is 9.59 Å². The number of aryl methyl sites for hydroxylation is 1. The predicted octanol–water partition coefficient (Wildman–Crippen LogP) is 4.92. The Morgan fingerprint density at radius 1 is 1.03 bits per heavy atom. The van der Waals surface area contributed by atoms with Crippen LogP contribution in [0, 0.1) is 6.92 Å². The van der Waals surface area contributed by atoms with E-state index in [1.165, 1.54) is 0 Å². The maximum Gasteiger partial charge on any atom is 0.251 e. The lowest BCUT2D eigenvalue weighted by Gasteiger charge is -2.22. The molecule has 1 fully saturated rings. The molecule has 1 heterocycles. The summed E-state index contributed by atoms with van der Waals surface area (Å²) < 4.78 is 5.41. The molecule has 1 aliphatic heterocycles. The Hall–Kier alpha value is -3.80. The number of methoxy groups -OCH3 is 1. The van der Waals surface area contributed by atoms with Crippen molar-refractivity contribution in [3.8, 4) is 5.75 Å². The van der Waals surface area contributed by atoms with E-state index in [2.05, 4.69) is 10.6 Å². The Balaban J connectivity index is 1.57. The van der Waals surface area contributed by atoms with Gasteiger partial charge in [0.25, 0.3) is 5.91 Å². The molecule has 0 bridgehead atoms. The van der Waals surface area contributed by atoms with E-state index in [4.69, 9.17) is 4.74 Å². The minimum absolute atomic E-state index is 0.152. The molecular weight excluding hydrogens is 402 g/mol. The van der Waals surface area contributed by atoms with E-state index < -0.39 is 6.04 Å². The average Bonchev–Trinajstić information content (AvgIpc) is 3.24. The minimum Gasteiger partial charge on any atom is -0.495 e. The number of amides is 2. The van der Waals surface area contributed by atoms with Crippen LogP contribution in [0.3, 0.4) is 0 Å². The highest BCUT2D eigenvalue weighted by Gasteiger charge is 2.23. The fourth-order valence-corrected chi connectivity index (χ4v) is 3.90. The Kier molecular flexibility index (Phi) is 6.40. The van der Waals surface area contributed by atoms with Crippen molar-refractivity contribution < 1.29 is 14.3 Å².